The second kappa shape index (κ2) is 4.49. The van der Waals surface area contributed by atoms with Gasteiger partial charge in [0.05, 0.1) is 6.26 Å². The van der Waals surface area contributed by atoms with E-state index in [1.54, 1.807) is 0 Å². The molecule has 0 unspecified atom stereocenters. The summed E-state index contributed by atoms with van der Waals surface area (Å²) in [6.45, 7) is 3.91. The summed E-state index contributed by atoms with van der Waals surface area (Å²) in [6, 6.07) is 7.85. The van der Waals surface area contributed by atoms with Crippen LogP contribution in [0.25, 0.3) is 6.08 Å². The van der Waals surface area contributed by atoms with Crippen molar-refractivity contribution in [2.24, 2.45) is 9.81 Å². The Morgan fingerprint density at radius 2 is 1.84 bits per heavy atom. The van der Waals surface area contributed by atoms with E-state index in [1.807, 2.05) is 62.2 Å². The zero-order valence-corrected chi connectivity index (χ0v) is 12.4. The number of amidine groups is 1. The highest BCUT2D eigenvalue weighted by molar-refractivity contribution is 7.89. The highest BCUT2D eigenvalue weighted by Crippen LogP contribution is 2.33. The van der Waals surface area contributed by atoms with Crippen molar-refractivity contribution in [1.82, 2.24) is 0 Å². The third-order valence-corrected chi connectivity index (χ3v) is 3.63. The smallest absolute Gasteiger partial charge is 0.251 e. The number of para-hydroxylation sites is 1. The Balaban J connectivity index is 2.68. The standard InChI is InChI=1S/C14H18N2O2S/c1-14(2)10-9-11-7-5-6-8-12(11)16(3)13(14)15-19(4,17)18/h5-10H,1-4H3/b15-13+. The molecule has 0 saturated carbocycles. The van der Waals surface area contributed by atoms with Crippen LogP contribution in [-0.4, -0.2) is 27.6 Å². The van der Waals surface area contributed by atoms with Crippen LogP contribution in [0.5, 0.6) is 0 Å². The van der Waals surface area contributed by atoms with Crippen LogP contribution in [0, 0.1) is 5.41 Å². The molecule has 1 aromatic carbocycles. The summed E-state index contributed by atoms with van der Waals surface area (Å²) in [6.07, 6.45) is 5.11. The molecule has 0 bridgehead atoms. The number of hydrogen-bond donors (Lipinski definition) is 0. The summed E-state index contributed by atoms with van der Waals surface area (Å²) in [5.41, 5.74) is 1.56. The van der Waals surface area contributed by atoms with Crippen LogP contribution in [0.4, 0.5) is 5.69 Å². The lowest BCUT2D eigenvalue weighted by Gasteiger charge is -2.29. The van der Waals surface area contributed by atoms with Crippen molar-refractivity contribution < 1.29 is 8.42 Å². The van der Waals surface area contributed by atoms with Crippen LogP contribution in [0.1, 0.15) is 19.4 Å². The Labute approximate surface area is 114 Å². The van der Waals surface area contributed by atoms with E-state index in [9.17, 15) is 8.42 Å². The van der Waals surface area contributed by atoms with Gasteiger partial charge >= 0.3 is 0 Å². The third-order valence-electron chi connectivity index (χ3n) is 3.12. The van der Waals surface area contributed by atoms with E-state index in [0.717, 1.165) is 17.5 Å². The maximum Gasteiger partial charge on any atom is 0.251 e. The predicted octanol–water partition coefficient (Wildman–Crippen LogP) is 2.53. The number of rotatable bonds is 1. The monoisotopic (exact) mass is 278 g/mol. The van der Waals surface area contributed by atoms with E-state index in [4.69, 9.17) is 0 Å². The van der Waals surface area contributed by atoms with Gasteiger partial charge in [-0.15, -0.1) is 4.40 Å². The molecule has 0 spiro atoms. The number of sulfonamides is 1. The SMILES string of the molecule is CN1/C(=N/S(C)(=O)=O)C(C)(C)C=Cc2ccccc21. The second-order valence-corrected chi connectivity index (χ2v) is 6.97. The fraction of sp³-hybridized carbons (Fsp3) is 0.357. The van der Waals surface area contributed by atoms with E-state index in [2.05, 4.69) is 4.40 Å². The maximum atomic E-state index is 11.5. The lowest BCUT2D eigenvalue weighted by atomic mass is 9.91. The van der Waals surface area contributed by atoms with Gasteiger partial charge in [0.25, 0.3) is 10.0 Å². The normalized spacial score (nSPS) is 20.2. The van der Waals surface area contributed by atoms with Crippen LogP contribution in [0.2, 0.25) is 0 Å². The van der Waals surface area contributed by atoms with Gasteiger partial charge in [0.15, 0.2) is 0 Å². The third kappa shape index (κ3) is 2.87. The minimum absolute atomic E-state index is 0.448. The van der Waals surface area contributed by atoms with Gasteiger partial charge in [-0.3, -0.25) is 0 Å². The van der Waals surface area contributed by atoms with Crippen molar-refractivity contribution in [2.45, 2.75) is 13.8 Å². The van der Waals surface area contributed by atoms with Crippen molar-refractivity contribution in [3.05, 3.63) is 35.9 Å². The quantitative estimate of drug-likeness (QED) is 0.793. The molecule has 1 aromatic rings. The molecule has 0 atom stereocenters. The lowest BCUT2D eigenvalue weighted by molar-refractivity contribution is 0.601. The Hall–Kier alpha value is -1.62. The van der Waals surface area contributed by atoms with Gasteiger partial charge in [0, 0.05) is 18.2 Å². The summed E-state index contributed by atoms with van der Waals surface area (Å²) in [7, 11) is -1.59. The zero-order chi connectivity index (χ0) is 14.3. The molecule has 0 fully saturated rings. The molecule has 1 heterocycles. The van der Waals surface area contributed by atoms with E-state index < -0.39 is 15.4 Å². The van der Waals surface area contributed by atoms with Crippen LogP contribution in [0.15, 0.2) is 34.7 Å². The van der Waals surface area contributed by atoms with Crippen LogP contribution in [0.3, 0.4) is 0 Å². The largest absolute Gasteiger partial charge is 0.331 e. The lowest BCUT2D eigenvalue weighted by Crippen LogP contribution is -2.37. The summed E-state index contributed by atoms with van der Waals surface area (Å²) in [5, 5.41) is 0. The Bertz CT molecular complexity index is 658. The maximum absolute atomic E-state index is 11.5. The number of nitrogens with zero attached hydrogens (tertiary/aromatic N) is 2. The van der Waals surface area contributed by atoms with Crippen LogP contribution >= 0.6 is 0 Å². The molecule has 0 aromatic heterocycles. The molecule has 0 radical (unpaired) electrons. The van der Waals surface area contributed by atoms with Crippen molar-refractivity contribution in [1.29, 1.82) is 0 Å². The average Bonchev–Trinajstić information content (AvgIpc) is 2.39. The molecule has 0 amide bonds. The first-order valence-corrected chi connectivity index (χ1v) is 7.88. The first-order chi connectivity index (χ1) is 8.71. The fourth-order valence-electron chi connectivity index (χ4n) is 2.19. The van der Waals surface area contributed by atoms with E-state index in [1.165, 1.54) is 0 Å². The van der Waals surface area contributed by atoms with Crippen molar-refractivity contribution in [2.75, 3.05) is 18.2 Å². The summed E-state index contributed by atoms with van der Waals surface area (Å²) >= 11 is 0. The van der Waals surface area contributed by atoms with Gasteiger partial charge in [0.2, 0.25) is 0 Å². The number of fused-ring (bicyclic) bond motifs is 1. The Morgan fingerprint density at radius 3 is 2.47 bits per heavy atom. The summed E-state index contributed by atoms with van der Waals surface area (Å²) in [5.74, 6) is 0.524. The molecule has 4 nitrogen and oxygen atoms in total. The first kappa shape index (κ1) is 13.8. The molecule has 5 heteroatoms. The van der Waals surface area contributed by atoms with Gasteiger partial charge in [-0.05, 0) is 25.5 Å². The van der Waals surface area contributed by atoms with Gasteiger partial charge in [-0.1, -0.05) is 30.4 Å². The molecule has 19 heavy (non-hydrogen) atoms. The highest BCUT2D eigenvalue weighted by atomic mass is 32.2. The first-order valence-electron chi connectivity index (χ1n) is 6.03. The van der Waals surface area contributed by atoms with E-state index >= 15 is 0 Å². The molecular weight excluding hydrogens is 260 g/mol. The fourth-order valence-corrected chi connectivity index (χ4v) is 2.86. The molecule has 0 saturated heterocycles. The van der Waals surface area contributed by atoms with Crippen LogP contribution in [-0.2, 0) is 10.0 Å². The van der Waals surface area contributed by atoms with Gasteiger partial charge in [-0.25, -0.2) is 8.42 Å². The minimum Gasteiger partial charge on any atom is -0.331 e. The molecule has 0 aliphatic carbocycles. The van der Waals surface area contributed by atoms with Gasteiger partial charge in [-0.2, -0.15) is 0 Å². The summed E-state index contributed by atoms with van der Waals surface area (Å²) in [4.78, 5) is 1.84. The molecule has 1 aliphatic rings. The average molecular weight is 278 g/mol. The Kier molecular flexibility index (Phi) is 3.26. The van der Waals surface area contributed by atoms with Gasteiger partial charge in [0.1, 0.15) is 5.84 Å². The van der Waals surface area contributed by atoms with Crippen molar-refractivity contribution >= 4 is 27.6 Å². The molecule has 1 aliphatic heterocycles. The molecule has 102 valence electrons. The zero-order valence-electron chi connectivity index (χ0n) is 11.6. The highest BCUT2D eigenvalue weighted by Gasteiger charge is 2.30. The second-order valence-electron chi connectivity index (χ2n) is 5.32. The minimum atomic E-state index is -3.43. The van der Waals surface area contributed by atoms with E-state index in [0.29, 0.717) is 5.84 Å². The number of anilines is 1. The number of hydrogen-bond acceptors (Lipinski definition) is 2. The van der Waals surface area contributed by atoms with Crippen molar-refractivity contribution in [3.63, 3.8) is 0 Å². The molecule has 0 N–H and O–H groups in total. The van der Waals surface area contributed by atoms with E-state index in [-0.39, 0.29) is 0 Å². The Morgan fingerprint density at radius 1 is 1.21 bits per heavy atom. The van der Waals surface area contributed by atoms with Crippen molar-refractivity contribution in [3.8, 4) is 0 Å². The number of benzene rings is 1. The summed E-state index contributed by atoms with van der Waals surface area (Å²) < 4.78 is 27.0. The molecular formula is C14H18N2O2S. The topological polar surface area (TPSA) is 49.7 Å². The van der Waals surface area contributed by atoms with Gasteiger partial charge < -0.3 is 4.90 Å². The van der Waals surface area contributed by atoms with Crippen LogP contribution < -0.4 is 4.90 Å². The predicted molar refractivity (Wildman–Crippen MR) is 79.9 cm³/mol. The molecule has 2 rings (SSSR count).